The van der Waals surface area contributed by atoms with Gasteiger partial charge < -0.3 is 15.3 Å². The van der Waals surface area contributed by atoms with E-state index >= 15 is 0 Å². The predicted octanol–water partition coefficient (Wildman–Crippen LogP) is 2.08. The third-order valence-corrected chi connectivity index (χ3v) is 3.72. The maximum Gasteiger partial charge on any atom is 0.407 e. The average Bonchev–Trinajstić information content (AvgIpc) is 2.37. The zero-order valence-electron chi connectivity index (χ0n) is 11.6. The highest BCUT2D eigenvalue weighted by molar-refractivity contribution is 5.80. The van der Waals surface area contributed by atoms with Gasteiger partial charge in [-0.1, -0.05) is 30.3 Å². The Bertz CT molecular complexity index is 469. The van der Waals surface area contributed by atoms with Crippen molar-refractivity contribution in [2.45, 2.75) is 32.4 Å². The first-order valence-corrected chi connectivity index (χ1v) is 6.93. The number of carbonyl (C=O) groups is 2. The molecule has 2 N–H and O–H groups in total. The molecule has 1 saturated carbocycles. The molecule has 1 aliphatic carbocycles. The van der Waals surface area contributed by atoms with E-state index in [1.54, 1.807) is 0 Å². The lowest BCUT2D eigenvalue weighted by Crippen LogP contribution is -2.51. The van der Waals surface area contributed by atoms with Crippen LogP contribution in [0.1, 0.15) is 25.3 Å². The van der Waals surface area contributed by atoms with Gasteiger partial charge in [0.2, 0.25) is 5.91 Å². The second kappa shape index (κ2) is 6.41. The van der Waals surface area contributed by atoms with E-state index in [1.165, 1.54) is 4.90 Å². The Kier molecular flexibility index (Phi) is 4.61. The average molecular weight is 276 g/mol. The maximum atomic E-state index is 11.6. The number of rotatable bonds is 5. The van der Waals surface area contributed by atoms with Gasteiger partial charge >= 0.3 is 6.09 Å². The molecule has 0 aromatic heterocycles. The molecular formula is C15H20N2O3. The molecular weight excluding hydrogens is 256 g/mol. The van der Waals surface area contributed by atoms with E-state index in [0.717, 1.165) is 5.56 Å². The molecule has 1 fully saturated rings. The van der Waals surface area contributed by atoms with Crippen LogP contribution in [-0.2, 0) is 11.3 Å². The number of nitrogens with one attached hydrogen (secondary N) is 1. The fourth-order valence-electron chi connectivity index (χ4n) is 2.51. The molecule has 1 aromatic rings. The largest absolute Gasteiger partial charge is 0.465 e. The molecule has 5 nitrogen and oxygen atoms in total. The van der Waals surface area contributed by atoms with Gasteiger partial charge in [-0.05, 0) is 25.3 Å². The number of hydrogen-bond acceptors (Lipinski definition) is 2. The normalized spacial score (nSPS) is 20.9. The third-order valence-electron chi connectivity index (χ3n) is 3.72. The highest BCUT2D eigenvalue weighted by Crippen LogP contribution is 2.32. The van der Waals surface area contributed by atoms with Crippen molar-refractivity contribution in [3.8, 4) is 0 Å². The fourth-order valence-corrected chi connectivity index (χ4v) is 2.51. The molecule has 1 aromatic carbocycles. The summed E-state index contributed by atoms with van der Waals surface area (Å²) in [6.07, 6.45) is 0.309. The third kappa shape index (κ3) is 3.29. The van der Waals surface area contributed by atoms with Gasteiger partial charge in [-0.25, -0.2) is 4.79 Å². The number of carboxylic acid groups (broad SMARTS) is 1. The number of benzene rings is 1. The second-order valence-electron chi connectivity index (χ2n) is 5.11. The Hall–Kier alpha value is -2.04. The van der Waals surface area contributed by atoms with Crippen molar-refractivity contribution in [1.82, 2.24) is 10.2 Å². The van der Waals surface area contributed by atoms with E-state index < -0.39 is 6.09 Å². The van der Waals surface area contributed by atoms with Crippen LogP contribution >= 0.6 is 0 Å². The Labute approximate surface area is 118 Å². The van der Waals surface area contributed by atoms with Crippen LogP contribution in [0.15, 0.2) is 30.3 Å². The standard InChI is InChI=1S/C15H20N2O3/c1-2-16-14(18)12-8-13(9-12)17(15(19)20)10-11-6-4-3-5-7-11/h3-7,12-13H,2,8-10H2,1H3,(H,16,18)(H,19,20)/t12-,13-. The first-order valence-electron chi connectivity index (χ1n) is 6.93. The summed E-state index contributed by atoms with van der Waals surface area (Å²) in [5.74, 6) is -0.00799. The summed E-state index contributed by atoms with van der Waals surface area (Å²) in [4.78, 5) is 24.4. The number of nitrogens with zero attached hydrogens (tertiary/aromatic N) is 1. The van der Waals surface area contributed by atoms with Gasteiger partial charge in [0, 0.05) is 25.0 Å². The first kappa shape index (κ1) is 14.4. The van der Waals surface area contributed by atoms with Crippen LogP contribution < -0.4 is 5.32 Å². The van der Waals surface area contributed by atoms with Gasteiger partial charge in [0.25, 0.3) is 0 Å². The number of amides is 2. The smallest absolute Gasteiger partial charge is 0.407 e. The molecule has 2 amide bonds. The second-order valence-corrected chi connectivity index (χ2v) is 5.11. The van der Waals surface area contributed by atoms with Crippen LogP contribution in [0.4, 0.5) is 4.79 Å². The molecule has 0 spiro atoms. The molecule has 1 aliphatic rings. The van der Waals surface area contributed by atoms with Crippen molar-refractivity contribution in [3.05, 3.63) is 35.9 Å². The molecule has 0 aliphatic heterocycles. The molecule has 0 bridgehead atoms. The summed E-state index contributed by atoms with van der Waals surface area (Å²) in [6.45, 7) is 2.88. The van der Waals surface area contributed by atoms with Gasteiger partial charge in [-0.2, -0.15) is 0 Å². The van der Waals surface area contributed by atoms with E-state index in [9.17, 15) is 14.7 Å². The lowest BCUT2D eigenvalue weighted by atomic mass is 9.78. The van der Waals surface area contributed by atoms with E-state index in [4.69, 9.17) is 0 Å². The van der Waals surface area contributed by atoms with Crippen LogP contribution in [0.25, 0.3) is 0 Å². The lowest BCUT2D eigenvalue weighted by Gasteiger charge is -2.40. The minimum atomic E-state index is -0.923. The minimum Gasteiger partial charge on any atom is -0.465 e. The van der Waals surface area contributed by atoms with Gasteiger partial charge in [0.1, 0.15) is 0 Å². The first-order chi connectivity index (χ1) is 9.61. The van der Waals surface area contributed by atoms with E-state index in [-0.39, 0.29) is 17.9 Å². The molecule has 2 rings (SSSR count). The van der Waals surface area contributed by atoms with Crippen molar-refractivity contribution in [2.75, 3.05) is 6.54 Å². The zero-order chi connectivity index (χ0) is 14.5. The lowest BCUT2D eigenvalue weighted by molar-refractivity contribution is -0.129. The molecule has 0 unspecified atom stereocenters. The maximum absolute atomic E-state index is 11.6. The van der Waals surface area contributed by atoms with E-state index in [2.05, 4.69) is 5.32 Å². The summed E-state index contributed by atoms with van der Waals surface area (Å²) in [5.41, 5.74) is 0.969. The van der Waals surface area contributed by atoms with Crippen LogP contribution in [-0.4, -0.2) is 34.6 Å². The Morgan fingerprint density at radius 3 is 2.50 bits per heavy atom. The van der Waals surface area contributed by atoms with Gasteiger partial charge in [0.05, 0.1) is 0 Å². The molecule has 108 valence electrons. The van der Waals surface area contributed by atoms with Crippen molar-refractivity contribution in [2.24, 2.45) is 5.92 Å². The molecule has 0 heterocycles. The number of carbonyl (C=O) groups excluding carboxylic acids is 1. The molecule has 0 atom stereocenters. The Balaban J connectivity index is 1.92. The van der Waals surface area contributed by atoms with Gasteiger partial charge in [-0.15, -0.1) is 0 Å². The Morgan fingerprint density at radius 2 is 1.95 bits per heavy atom. The van der Waals surface area contributed by atoms with E-state index in [0.29, 0.717) is 25.9 Å². The van der Waals surface area contributed by atoms with Crippen LogP contribution in [0, 0.1) is 5.92 Å². The van der Waals surface area contributed by atoms with Crippen LogP contribution in [0.2, 0.25) is 0 Å². The van der Waals surface area contributed by atoms with Crippen molar-refractivity contribution < 1.29 is 14.7 Å². The summed E-state index contributed by atoms with van der Waals surface area (Å²) in [5, 5.41) is 12.1. The van der Waals surface area contributed by atoms with Crippen molar-refractivity contribution in [3.63, 3.8) is 0 Å². The molecule has 0 radical (unpaired) electrons. The minimum absolute atomic E-state index is 0.0359. The Morgan fingerprint density at radius 1 is 1.30 bits per heavy atom. The van der Waals surface area contributed by atoms with E-state index in [1.807, 2.05) is 37.3 Å². The summed E-state index contributed by atoms with van der Waals surface area (Å²) in [7, 11) is 0. The summed E-state index contributed by atoms with van der Waals surface area (Å²) < 4.78 is 0. The summed E-state index contributed by atoms with van der Waals surface area (Å²) >= 11 is 0. The SMILES string of the molecule is CCNC(=O)[C@H]1C[C@H](N(Cc2ccccc2)C(=O)O)C1. The van der Waals surface area contributed by atoms with Crippen LogP contribution in [0.5, 0.6) is 0 Å². The highest BCUT2D eigenvalue weighted by Gasteiger charge is 2.39. The summed E-state index contributed by atoms with van der Waals surface area (Å²) in [6, 6.07) is 9.47. The predicted molar refractivity (Wildman–Crippen MR) is 75.2 cm³/mol. The van der Waals surface area contributed by atoms with Crippen molar-refractivity contribution in [1.29, 1.82) is 0 Å². The van der Waals surface area contributed by atoms with Gasteiger partial charge in [-0.3, -0.25) is 4.79 Å². The zero-order valence-corrected chi connectivity index (χ0v) is 11.6. The fraction of sp³-hybridized carbons (Fsp3) is 0.467. The quantitative estimate of drug-likeness (QED) is 0.865. The number of hydrogen-bond donors (Lipinski definition) is 2. The topological polar surface area (TPSA) is 69.6 Å². The molecule has 0 saturated heterocycles. The molecule has 5 heteroatoms. The highest BCUT2D eigenvalue weighted by atomic mass is 16.4. The molecule has 20 heavy (non-hydrogen) atoms. The van der Waals surface area contributed by atoms with Crippen LogP contribution in [0.3, 0.4) is 0 Å². The monoisotopic (exact) mass is 276 g/mol. The van der Waals surface area contributed by atoms with Gasteiger partial charge in [0.15, 0.2) is 0 Å². The van der Waals surface area contributed by atoms with Crippen molar-refractivity contribution >= 4 is 12.0 Å².